The lowest BCUT2D eigenvalue weighted by molar-refractivity contribution is -0.138. The fraction of sp³-hybridized carbons (Fsp3) is 0.632. The maximum atomic E-state index is 12.4. The Morgan fingerprint density at radius 1 is 1.35 bits per heavy atom. The minimum absolute atomic E-state index is 0.0813. The Balaban J connectivity index is 1.97. The van der Waals surface area contributed by atoms with Crippen LogP contribution < -0.4 is 4.74 Å². The van der Waals surface area contributed by atoms with E-state index in [-0.39, 0.29) is 17.7 Å². The van der Waals surface area contributed by atoms with E-state index in [4.69, 9.17) is 4.74 Å². The predicted molar refractivity (Wildman–Crippen MR) is 89.7 cm³/mol. The molecule has 1 aromatic rings. The van der Waals surface area contributed by atoms with Gasteiger partial charge in [0.1, 0.15) is 5.78 Å². The van der Waals surface area contributed by atoms with Crippen molar-refractivity contribution in [3.05, 3.63) is 23.8 Å². The van der Waals surface area contributed by atoms with Gasteiger partial charge in [-0.2, -0.15) is 0 Å². The molecule has 1 aromatic carbocycles. The number of hydrogen-bond donors (Lipinski definition) is 1. The van der Waals surface area contributed by atoms with Crippen molar-refractivity contribution in [3.63, 3.8) is 0 Å². The van der Waals surface area contributed by atoms with Crippen LogP contribution in [0, 0.1) is 11.8 Å². The number of ether oxygens (including phenoxy) is 1. The monoisotopic (exact) mass is 317 g/mol. The number of benzene rings is 1. The lowest BCUT2D eigenvalue weighted by Crippen LogP contribution is -2.55. The molecule has 3 unspecified atom stereocenters. The Hall–Kier alpha value is -1.55. The van der Waals surface area contributed by atoms with Crippen LogP contribution in [0.1, 0.15) is 51.6 Å². The van der Waals surface area contributed by atoms with Crippen molar-refractivity contribution in [1.29, 1.82) is 0 Å². The number of rotatable bonds is 5. The van der Waals surface area contributed by atoms with Gasteiger partial charge in [-0.05, 0) is 43.4 Å². The van der Waals surface area contributed by atoms with E-state index < -0.39 is 0 Å². The van der Waals surface area contributed by atoms with Gasteiger partial charge in [0.2, 0.25) is 0 Å². The van der Waals surface area contributed by atoms with Gasteiger partial charge in [-0.15, -0.1) is 0 Å². The molecule has 1 saturated carbocycles. The van der Waals surface area contributed by atoms with Crippen molar-refractivity contribution < 1.29 is 14.6 Å². The molecule has 1 N–H and O–H groups in total. The van der Waals surface area contributed by atoms with E-state index in [0.717, 1.165) is 24.9 Å². The third-order valence-corrected chi connectivity index (χ3v) is 5.07. The van der Waals surface area contributed by atoms with Crippen LogP contribution >= 0.6 is 0 Å². The third kappa shape index (κ3) is 3.09. The molecule has 2 bridgehead atoms. The van der Waals surface area contributed by atoms with Gasteiger partial charge in [-0.25, -0.2) is 0 Å². The molecule has 2 saturated heterocycles. The number of fused-ring (bicyclic) bond motifs is 3. The second-order valence-electron chi connectivity index (χ2n) is 7.20. The summed E-state index contributed by atoms with van der Waals surface area (Å²) in [5.41, 5.74) is 1.09. The first-order valence-corrected chi connectivity index (χ1v) is 8.75. The Bertz CT molecular complexity index is 584. The molecular weight excluding hydrogens is 290 g/mol. The average Bonchev–Trinajstić information content (AvgIpc) is 2.50. The summed E-state index contributed by atoms with van der Waals surface area (Å²) in [5, 5.41) is 9.95. The number of Topliss-reactive ketones (excluding diaryl/α,β-unsaturated/α-hetero) is 1. The van der Waals surface area contributed by atoms with Crippen molar-refractivity contribution in [2.24, 2.45) is 11.8 Å². The first kappa shape index (κ1) is 16.3. The quantitative estimate of drug-likeness (QED) is 0.902. The Kier molecular flexibility index (Phi) is 4.62. The first-order valence-electron chi connectivity index (χ1n) is 8.75. The number of nitrogens with zero attached hydrogens (tertiary/aromatic N) is 1. The van der Waals surface area contributed by atoms with Gasteiger partial charge < -0.3 is 9.84 Å². The number of carbonyl (C=O) groups excluding carboxylic acids is 1. The van der Waals surface area contributed by atoms with Gasteiger partial charge >= 0.3 is 0 Å². The van der Waals surface area contributed by atoms with Crippen molar-refractivity contribution in [1.82, 2.24) is 4.90 Å². The average molecular weight is 317 g/mol. The molecule has 0 spiro atoms. The van der Waals surface area contributed by atoms with Gasteiger partial charge in [0.05, 0.1) is 6.61 Å². The van der Waals surface area contributed by atoms with Crippen LogP contribution in [0.3, 0.4) is 0 Å². The zero-order valence-corrected chi connectivity index (χ0v) is 14.3. The molecular formula is C19H27NO3. The van der Waals surface area contributed by atoms with Gasteiger partial charge in [-0.3, -0.25) is 9.69 Å². The number of carbonyl (C=O) groups is 1. The van der Waals surface area contributed by atoms with Crippen molar-refractivity contribution in [3.8, 4) is 11.5 Å². The van der Waals surface area contributed by atoms with Crippen LogP contribution in [-0.4, -0.2) is 35.0 Å². The van der Waals surface area contributed by atoms with Gasteiger partial charge in [0.25, 0.3) is 0 Å². The second-order valence-corrected chi connectivity index (χ2v) is 7.20. The normalized spacial score (nSPS) is 27.7. The van der Waals surface area contributed by atoms with Crippen LogP contribution in [0.5, 0.6) is 11.5 Å². The van der Waals surface area contributed by atoms with Gasteiger partial charge in [-0.1, -0.05) is 19.9 Å². The Morgan fingerprint density at radius 3 is 2.78 bits per heavy atom. The molecule has 23 heavy (non-hydrogen) atoms. The molecule has 3 fully saturated rings. The largest absolute Gasteiger partial charge is 0.504 e. The zero-order valence-electron chi connectivity index (χ0n) is 14.3. The smallest absolute Gasteiger partial charge is 0.161 e. The van der Waals surface area contributed by atoms with Crippen molar-refractivity contribution >= 4 is 5.78 Å². The maximum absolute atomic E-state index is 12.4. The summed E-state index contributed by atoms with van der Waals surface area (Å²) in [7, 11) is 0. The molecule has 2 heterocycles. The number of hydrogen-bond acceptors (Lipinski definition) is 4. The third-order valence-electron chi connectivity index (χ3n) is 5.07. The number of piperidine rings is 2. The van der Waals surface area contributed by atoms with Crippen LogP contribution in [0.15, 0.2) is 18.2 Å². The highest BCUT2D eigenvalue weighted by molar-refractivity contribution is 5.84. The highest BCUT2D eigenvalue weighted by atomic mass is 16.5. The SMILES string of the molecule is CCOc1cc(C2C3CCC(CC3=O)N2CC(C)C)ccc1O. The standard InChI is InChI=1S/C19H27NO3/c1-4-23-18-9-13(5-8-16(18)21)19-15-7-6-14(10-17(15)22)20(19)11-12(2)3/h5,8-9,12,14-15,19,21H,4,6-7,10-11H2,1-3H3. The number of phenolic OH excluding ortho intramolecular Hbond substituents is 1. The van der Waals surface area contributed by atoms with E-state index in [9.17, 15) is 9.90 Å². The summed E-state index contributed by atoms with van der Waals surface area (Å²) in [6.45, 7) is 7.88. The first-order chi connectivity index (χ1) is 11.0. The Labute approximate surface area is 138 Å². The summed E-state index contributed by atoms with van der Waals surface area (Å²) in [6.07, 6.45) is 2.80. The van der Waals surface area contributed by atoms with E-state index in [0.29, 0.717) is 36.5 Å². The van der Waals surface area contributed by atoms with Gasteiger partial charge in [0.15, 0.2) is 11.5 Å². The summed E-state index contributed by atoms with van der Waals surface area (Å²) < 4.78 is 5.54. The molecule has 126 valence electrons. The fourth-order valence-corrected chi connectivity index (χ4v) is 4.19. The molecule has 0 aromatic heterocycles. The minimum Gasteiger partial charge on any atom is -0.504 e. The highest BCUT2D eigenvalue weighted by Crippen LogP contribution is 2.47. The fourth-order valence-electron chi connectivity index (χ4n) is 4.19. The molecule has 3 aliphatic rings. The summed E-state index contributed by atoms with van der Waals surface area (Å²) in [6, 6.07) is 6.05. The lowest BCUT2D eigenvalue weighted by atomic mass is 9.71. The summed E-state index contributed by atoms with van der Waals surface area (Å²) >= 11 is 0. The second kappa shape index (κ2) is 6.52. The maximum Gasteiger partial charge on any atom is 0.161 e. The van der Waals surface area contributed by atoms with E-state index in [2.05, 4.69) is 18.7 Å². The highest BCUT2D eigenvalue weighted by Gasteiger charge is 2.47. The van der Waals surface area contributed by atoms with E-state index >= 15 is 0 Å². The molecule has 0 amide bonds. The molecule has 1 aliphatic carbocycles. The lowest BCUT2D eigenvalue weighted by Gasteiger charge is -2.51. The van der Waals surface area contributed by atoms with Crippen LogP contribution in [0.4, 0.5) is 0 Å². The van der Waals surface area contributed by atoms with Crippen molar-refractivity contribution in [2.45, 2.75) is 52.1 Å². The molecule has 3 atom stereocenters. The van der Waals surface area contributed by atoms with Gasteiger partial charge in [0, 0.05) is 31.0 Å². The molecule has 4 nitrogen and oxygen atoms in total. The van der Waals surface area contributed by atoms with E-state index in [1.54, 1.807) is 6.07 Å². The number of ketones is 1. The summed E-state index contributed by atoms with van der Waals surface area (Å²) in [4.78, 5) is 15.0. The van der Waals surface area contributed by atoms with E-state index in [1.165, 1.54) is 0 Å². The Morgan fingerprint density at radius 2 is 2.13 bits per heavy atom. The molecule has 0 radical (unpaired) electrons. The van der Waals surface area contributed by atoms with E-state index in [1.807, 2.05) is 19.1 Å². The number of aromatic hydroxyl groups is 1. The summed E-state index contributed by atoms with van der Waals surface area (Å²) in [5.74, 6) is 1.73. The molecule has 2 aliphatic heterocycles. The molecule has 4 rings (SSSR count). The predicted octanol–water partition coefficient (Wildman–Crippen LogP) is 3.54. The van der Waals surface area contributed by atoms with Crippen LogP contribution in [-0.2, 0) is 4.79 Å². The topological polar surface area (TPSA) is 49.8 Å². The zero-order chi connectivity index (χ0) is 16.6. The van der Waals surface area contributed by atoms with Crippen molar-refractivity contribution in [2.75, 3.05) is 13.2 Å². The number of phenols is 1. The van der Waals surface area contributed by atoms with Crippen LogP contribution in [0.2, 0.25) is 0 Å². The minimum atomic E-state index is 0.0813. The molecule has 4 heteroatoms. The van der Waals surface area contributed by atoms with Crippen LogP contribution in [0.25, 0.3) is 0 Å².